The summed E-state index contributed by atoms with van der Waals surface area (Å²) in [6.07, 6.45) is 4.14. The lowest BCUT2D eigenvalue weighted by Gasteiger charge is -2.33. The van der Waals surface area contributed by atoms with Gasteiger partial charge in [0, 0.05) is 30.5 Å². The van der Waals surface area contributed by atoms with Gasteiger partial charge in [-0.25, -0.2) is 4.79 Å². The fraction of sp³-hybridized carbons (Fsp3) is 0.464. The van der Waals surface area contributed by atoms with Crippen molar-refractivity contribution in [3.8, 4) is 11.1 Å². The van der Waals surface area contributed by atoms with Gasteiger partial charge in [0.25, 0.3) is 0 Å². The maximum Gasteiger partial charge on any atom is 0.407 e. The van der Waals surface area contributed by atoms with Crippen LogP contribution in [0.2, 0.25) is 0 Å². The van der Waals surface area contributed by atoms with Gasteiger partial charge in [0.15, 0.2) is 0 Å². The molecular weight excluding hydrogens is 444 g/mol. The lowest BCUT2D eigenvalue weighted by atomic mass is 9.84. The van der Waals surface area contributed by atoms with Gasteiger partial charge in [-0.1, -0.05) is 55.0 Å². The van der Waals surface area contributed by atoms with Gasteiger partial charge in [0.2, 0.25) is 5.91 Å². The summed E-state index contributed by atoms with van der Waals surface area (Å²) < 4.78 is 5.69. The van der Waals surface area contributed by atoms with Crippen molar-refractivity contribution in [3.63, 3.8) is 0 Å². The third-order valence-electron chi connectivity index (χ3n) is 7.76. The van der Waals surface area contributed by atoms with Crippen LogP contribution >= 0.6 is 0 Å². The van der Waals surface area contributed by atoms with Crippen LogP contribution in [0.15, 0.2) is 48.5 Å². The third kappa shape index (κ3) is 4.90. The summed E-state index contributed by atoms with van der Waals surface area (Å²) in [5.74, 6) is -1.01. The minimum atomic E-state index is -0.867. The van der Waals surface area contributed by atoms with Crippen LogP contribution in [-0.2, 0) is 14.3 Å². The van der Waals surface area contributed by atoms with Gasteiger partial charge in [0.05, 0.1) is 6.42 Å². The van der Waals surface area contributed by atoms with Crippen LogP contribution in [-0.4, -0.2) is 53.2 Å². The fourth-order valence-corrected chi connectivity index (χ4v) is 6.13. The number of ether oxygens (including phenoxy) is 1. The van der Waals surface area contributed by atoms with Crippen molar-refractivity contribution in [1.29, 1.82) is 0 Å². The van der Waals surface area contributed by atoms with Gasteiger partial charge in [-0.15, -0.1) is 0 Å². The standard InChI is InChI=1S/C28H32N2O5/c31-26(32)16-20-9-6-14-30(20)27(33)18-7-5-8-19(15-18)29-28(34)35-17-25-23-12-3-1-10-21(23)22-11-2-4-13-24(22)25/h1-4,10-13,18-20,25H,5-9,14-17H2,(H,29,34)(H,31,32)/t18?,19?,20-/m0/s1. The molecule has 0 aromatic heterocycles. The normalized spacial score (nSPS) is 23.4. The van der Waals surface area contributed by atoms with Crippen molar-refractivity contribution >= 4 is 18.0 Å². The van der Waals surface area contributed by atoms with E-state index < -0.39 is 12.1 Å². The Labute approximate surface area is 205 Å². The van der Waals surface area contributed by atoms with E-state index in [2.05, 4.69) is 29.6 Å². The number of carbonyl (C=O) groups is 3. The van der Waals surface area contributed by atoms with Gasteiger partial charge in [-0.05, 0) is 54.4 Å². The number of nitrogens with one attached hydrogen (secondary N) is 1. The second-order valence-electron chi connectivity index (χ2n) is 9.96. The van der Waals surface area contributed by atoms with E-state index in [0.717, 1.165) is 32.1 Å². The number of alkyl carbamates (subject to hydrolysis) is 1. The van der Waals surface area contributed by atoms with Crippen LogP contribution in [0.25, 0.3) is 11.1 Å². The number of nitrogens with zero attached hydrogens (tertiary/aromatic N) is 1. The van der Waals surface area contributed by atoms with Crippen molar-refractivity contribution in [2.75, 3.05) is 13.2 Å². The summed E-state index contributed by atoms with van der Waals surface area (Å²) in [7, 11) is 0. The van der Waals surface area contributed by atoms with Crippen molar-refractivity contribution in [2.45, 2.75) is 62.9 Å². The number of aliphatic carboxylic acids is 1. The largest absolute Gasteiger partial charge is 0.481 e. The van der Waals surface area contributed by atoms with E-state index in [4.69, 9.17) is 9.84 Å². The molecule has 2 N–H and O–H groups in total. The highest BCUT2D eigenvalue weighted by Gasteiger charge is 2.37. The number of likely N-dealkylation sites (tertiary alicyclic amines) is 1. The van der Waals surface area contributed by atoms with E-state index in [1.165, 1.54) is 22.3 Å². The molecular formula is C28H32N2O5. The molecule has 0 bridgehead atoms. The molecule has 3 atom stereocenters. The number of amides is 2. The monoisotopic (exact) mass is 476 g/mol. The zero-order chi connectivity index (χ0) is 24.4. The summed E-state index contributed by atoms with van der Waals surface area (Å²) in [6.45, 7) is 0.886. The lowest BCUT2D eigenvalue weighted by Crippen LogP contribution is -2.45. The van der Waals surface area contributed by atoms with Crippen LogP contribution in [0.1, 0.15) is 62.0 Å². The van der Waals surface area contributed by atoms with Crippen LogP contribution in [0.4, 0.5) is 4.79 Å². The Morgan fingerprint density at radius 2 is 1.63 bits per heavy atom. The molecule has 0 spiro atoms. The van der Waals surface area contributed by atoms with E-state index in [1.807, 2.05) is 24.3 Å². The topological polar surface area (TPSA) is 95.9 Å². The Balaban J connectivity index is 1.17. The van der Waals surface area contributed by atoms with Crippen molar-refractivity contribution in [2.24, 2.45) is 5.92 Å². The Morgan fingerprint density at radius 3 is 2.31 bits per heavy atom. The maximum absolute atomic E-state index is 13.1. The molecule has 7 heteroatoms. The number of hydrogen-bond donors (Lipinski definition) is 2. The molecule has 184 valence electrons. The molecule has 2 amide bonds. The number of rotatable bonds is 6. The first-order valence-corrected chi connectivity index (χ1v) is 12.6. The summed E-state index contributed by atoms with van der Waals surface area (Å²) in [4.78, 5) is 38.8. The SMILES string of the molecule is O=C(O)C[C@@H]1CCCN1C(=O)C1CCCC(NC(=O)OCC2c3ccccc3-c3ccccc32)C1. The Bertz CT molecular complexity index is 1070. The minimum Gasteiger partial charge on any atom is -0.481 e. The predicted octanol–water partition coefficient (Wildman–Crippen LogP) is 4.55. The van der Waals surface area contributed by atoms with E-state index >= 15 is 0 Å². The predicted molar refractivity (Wildman–Crippen MR) is 131 cm³/mol. The number of carboxylic acids is 1. The van der Waals surface area contributed by atoms with Gasteiger partial charge >= 0.3 is 12.1 Å². The van der Waals surface area contributed by atoms with Crippen molar-refractivity contribution < 1.29 is 24.2 Å². The molecule has 1 aliphatic heterocycles. The van der Waals surface area contributed by atoms with Crippen LogP contribution in [0.5, 0.6) is 0 Å². The third-order valence-corrected chi connectivity index (χ3v) is 7.76. The molecule has 3 aliphatic rings. The zero-order valence-electron chi connectivity index (χ0n) is 19.8. The molecule has 2 aromatic rings. The van der Waals surface area contributed by atoms with E-state index in [9.17, 15) is 14.4 Å². The molecule has 2 fully saturated rings. The number of carbonyl (C=O) groups excluding carboxylic acids is 2. The second-order valence-corrected chi connectivity index (χ2v) is 9.96. The first-order chi connectivity index (χ1) is 17.0. The van der Waals surface area contributed by atoms with Crippen LogP contribution < -0.4 is 5.32 Å². The first-order valence-electron chi connectivity index (χ1n) is 12.6. The van der Waals surface area contributed by atoms with Gasteiger partial charge < -0.3 is 20.1 Å². The molecule has 1 heterocycles. The summed E-state index contributed by atoms with van der Waals surface area (Å²) in [5, 5.41) is 12.1. The second kappa shape index (κ2) is 10.1. The molecule has 1 saturated heterocycles. The molecule has 7 nitrogen and oxygen atoms in total. The van der Waals surface area contributed by atoms with Gasteiger partial charge in [-0.2, -0.15) is 0 Å². The number of hydrogen-bond acceptors (Lipinski definition) is 4. The quantitative estimate of drug-likeness (QED) is 0.638. The van der Waals surface area contributed by atoms with Gasteiger partial charge in [0.1, 0.15) is 6.61 Å². The summed E-state index contributed by atoms with van der Waals surface area (Å²) in [6, 6.07) is 16.1. The highest BCUT2D eigenvalue weighted by atomic mass is 16.5. The minimum absolute atomic E-state index is 0.000111. The molecule has 35 heavy (non-hydrogen) atoms. The van der Waals surface area contributed by atoms with Gasteiger partial charge in [-0.3, -0.25) is 9.59 Å². The first kappa shape index (κ1) is 23.4. The number of carboxylic acid groups (broad SMARTS) is 1. The van der Waals surface area contributed by atoms with E-state index in [0.29, 0.717) is 13.0 Å². The average molecular weight is 477 g/mol. The highest BCUT2D eigenvalue weighted by Crippen LogP contribution is 2.44. The van der Waals surface area contributed by atoms with Crippen molar-refractivity contribution in [1.82, 2.24) is 10.2 Å². The fourth-order valence-electron chi connectivity index (χ4n) is 6.13. The number of fused-ring (bicyclic) bond motifs is 3. The molecule has 0 radical (unpaired) electrons. The Hall–Kier alpha value is -3.35. The van der Waals surface area contributed by atoms with Crippen molar-refractivity contribution in [3.05, 3.63) is 59.7 Å². The Kier molecular flexibility index (Phi) is 6.75. The van der Waals surface area contributed by atoms with E-state index in [1.54, 1.807) is 4.90 Å². The molecule has 1 saturated carbocycles. The molecule has 5 rings (SSSR count). The number of benzene rings is 2. The highest BCUT2D eigenvalue weighted by molar-refractivity contribution is 5.81. The average Bonchev–Trinajstić information content (AvgIpc) is 3.44. The summed E-state index contributed by atoms with van der Waals surface area (Å²) >= 11 is 0. The molecule has 2 unspecified atom stereocenters. The summed E-state index contributed by atoms with van der Waals surface area (Å²) in [5.41, 5.74) is 4.72. The molecule has 2 aliphatic carbocycles. The smallest absolute Gasteiger partial charge is 0.407 e. The lowest BCUT2D eigenvalue weighted by molar-refractivity contribution is -0.142. The Morgan fingerprint density at radius 1 is 0.943 bits per heavy atom. The zero-order valence-corrected chi connectivity index (χ0v) is 19.8. The van der Waals surface area contributed by atoms with E-state index in [-0.39, 0.29) is 42.9 Å². The molecule has 2 aromatic carbocycles. The van der Waals surface area contributed by atoms with Crippen LogP contribution in [0.3, 0.4) is 0 Å². The van der Waals surface area contributed by atoms with Crippen LogP contribution in [0, 0.1) is 5.92 Å². The maximum atomic E-state index is 13.1.